The summed E-state index contributed by atoms with van der Waals surface area (Å²) < 4.78 is 4.51. The fraction of sp³-hybridized carbons (Fsp3) is 0.200. The number of carbonyl (C=O) groups excluding carboxylic acids is 2. The third-order valence-corrected chi connectivity index (χ3v) is 1.50. The van der Waals surface area contributed by atoms with E-state index in [1.807, 2.05) is 0 Å². The fourth-order valence-corrected chi connectivity index (χ4v) is 0.809. The number of hydrogen-bond donors (Lipinski definition) is 0. The van der Waals surface area contributed by atoms with E-state index < -0.39 is 11.9 Å². The summed E-state index contributed by atoms with van der Waals surface area (Å²) in [6, 6.07) is 8.43. The zero-order valence-corrected chi connectivity index (χ0v) is 7.32. The summed E-state index contributed by atoms with van der Waals surface area (Å²) in [7, 11) is 0. The average molecular weight is 312 g/mol. The van der Waals surface area contributed by atoms with E-state index >= 15 is 0 Å². The van der Waals surface area contributed by atoms with Crippen molar-refractivity contribution in [3.05, 3.63) is 35.9 Å². The number of rotatable bonds is 2. The molecule has 0 radical (unpaired) electrons. The molecule has 0 saturated carbocycles. The third kappa shape index (κ3) is 4.77. The van der Waals surface area contributed by atoms with E-state index in [9.17, 15) is 9.59 Å². The molecule has 0 aliphatic carbocycles. The maximum absolute atomic E-state index is 11.2. The van der Waals surface area contributed by atoms with Crippen molar-refractivity contribution in [3.8, 4) is 0 Å². The molecule has 14 heavy (non-hydrogen) atoms. The van der Waals surface area contributed by atoms with E-state index in [1.165, 1.54) is 0 Å². The molecule has 0 atom stereocenters. The minimum atomic E-state index is -0.590. The monoisotopic (exact) mass is 312 g/mol. The summed E-state index contributed by atoms with van der Waals surface area (Å²) in [6.07, 6.45) is 0.207. The predicted molar refractivity (Wildman–Crippen MR) is 54.3 cm³/mol. The van der Waals surface area contributed by atoms with Crippen LogP contribution in [0.2, 0.25) is 0 Å². The van der Waals surface area contributed by atoms with Gasteiger partial charge in [-0.25, -0.2) is 4.79 Å². The van der Waals surface area contributed by atoms with E-state index in [0.29, 0.717) is 5.56 Å². The summed E-state index contributed by atoms with van der Waals surface area (Å²) in [4.78, 5) is 21.9. The molecule has 0 fully saturated rings. The van der Waals surface area contributed by atoms with E-state index in [2.05, 4.69) is 4.74 Å². The van der Waals surface area contributed by atoms with E-state index in [1.54, 1.807) is 37.3 Å². The first-order valence-electron chi connectivity index (χ1n) is 4.04. The minimum absolute atomic E-state index is 0. The zero-order chi connectivity index (χ0) is 9.68. The molecule has 0 bridgehead atoms. The predicted octanol–water partition coefficient (Wildman–Crippen LogP) is 1.13. The van der Waals surface area contributed by atoms with Crippen LogP contribution in [0.15, 0.2) is 30.3 Å². The molecule has 0 aliphatic rings. The van der Waals surface area contributed by atoms with Crippen molar-refractivity contribution in [2.45, 2.75) is 13.3 Å². The van der Waals surface area contributed by atoms with Gasteiger partial charge in [-0.3, -0.25) is 4.79 Å². The molecule has 1 rings (SSSR count). The summed E-state index contributed by atoms with van der Waals surface area (Å²) in [5.74, 6) is -1.10. The number of benzene rings is 1. The number of esters is 2. The molecule has 0 heterocycles. The quantitative estimate of drug-likeness (QED) is 0.607. The first-order valence-corrected chi connectivity index (χ1v) is 4.04. The van der Waals surface area contributed by atoms with Crippen LogP contribution in [0.3, 0.4) is 0 Å². The summed E-state index contributed by atoms with van der Waals surface area (Å²) in [5.41, 5.74) is 0.393. The summed E-state index contributed by atoms with van der Waals surface area (Å²) in [5, 5.41) is 0. The van der Waals surface area contributed by atoms with Crippen LogP contribution in [0, 0.1) is 0 Å². The number of ether oxygens (including phenoxy) is 1. The molecule has 1 aromatic rings. The van der Waals surface area contributed by atoms with E-state index in [0.717, 1.165) is 0 Å². The van der Waals surface area contributed by atoms with Gasteiger partial charge in [-0.15, -0.1) is 0 Å². The molecular formula is C10H11CsO3. The maximum atomic E-state index is 11.2. The van der Waals surface area contributed by atoms with Gasteiger partial charge in [0.1, 0.15) is 0 Å². The van der Waals surface area contributed by atoms with Gasteiger partial charge in [-0.1, -0.05) is 25.1 Å². The van der Waals surface area contributed by atoms with Crippen LogP contribution in [0.1, 0.15) is 23.7 Å². The number of hydrogen-bond acceptors (Lipinski definition) is 3. The Morgan fingerprint density at radius 3 is 2.29 bits per heavy atom. The zero-order valence-electron chi connectivity index (χ0n) is 7.32. The van der Waals surface area contributed by atoms with Gasteiger partial charge in [0.05, 0.1) is 5.56 Å². The van der Waals surface area contributed by atoms with E-state index in [4.69, 9.17) is 0 Å². The van der Waals surface area contributed by atoms with Crippen molar-refractivity contribution < 1.29 is 14.3 Å². The molecule has 70 valence electrons. The second-order valence-electron chi connectivity index (χ2n) is 2.48. The molecule has 1 aromatic carbocycles. The molecule has 0 aromatic heterocycles. The van der Waals surface area contributed by atoms with Gasteiger partial charge < -0.3 is 4.74 Å². The molecule has 0 aliphatic heterocycles. The Labute approximate surface area is 142 Å². The normalized spacial score (nSPS) is 8.64. The Kier molecular flexibility index (Phi) is 7.90. The first kappa shape index (κ1) is 14.4. The Morgan fingerprint density at radius 1 is 1.21 bits per heavy atom. The van der Waals surface area contributed by atoms with E-state index in [-0.39, 0.29) is 75.3 Å². The SMILES string of the molecule is CCC(=O)OC(=O)c1ccccc1.[CsH]. The van der Waals surface area contributed by atoms with Gasteiger partial charge in [0.25, 0.3) is 0 Å². The van der Waals surface area contributed by atoms with Crippen LogP contribution in [-0.2, 0) is 9.53 Å². The topological polar surface area (TPSA) is 43.4 Å². The average Bonchev–Trinajstić information content (AvgIpc) is 2.19. The Hall–Kier alpha value is 0.412. The van der Waals surface area contributed by atoms with Crippen molar-refractivity contribution in [3.63, 3.8) is 0 Å². The first-order chi connectivity index (χ1) is 6.24. The van der Waals surface area contributed by atoms with Gasteiger partial charge >= 0.3 is 80.8 Å². The van der Waals surface area contributed by atoms with Gasteiger partial charge in [-0.05, 0) is 12.1 Å². The van der Waals surface area contributed by atoms with Gasteiger partial charge in [0.2, 0.25) is 0 Å². The van der Waals surface area contributed by atoms with Crippen LogP contribution < -0.4 is 0 Å². The van der Waals surface area contributed by atoms with Crippen LogP contribution in [0.5, 0.6) is 0 Å². The van der Waals surface area contributed by atoms with Crippen LogP contribution in [0.25, 0.3) is 0 Å². The van der Waals surface area contributed by atoms with Crippen molar-refractivity contribution in [1.82, 2.24) is 0 Å². The van der Waals surface area contributed by atoms with Crippen LogP contribution >= 0.6 is 0 Å². The van der Waals surface area contributed by atoms with Gasteiger partial charge in [0.15, 0.2) is 0 Å². The molecule has 4 heteroatoms. The second-order valence-corrected chi connectivity index (χ2v) is 2.48. The van der Waals surface area contributed by atoms with Crippen LogP contribution in [0.4, 0.5) is 0 Å². The van der Waals surface area contributed by atoms with Gasteiger partial charge in [0, 0.05) is 6.42 Å². The Bertz CT molecular complexity index is 308. The van der Waals surface area contributed by atoms with Crippen molar-refractivity contribution in [2.24, 2.45) is 0 Å². The Balaban J connectivity index is 0.00000169. The number of carbonyl (C=O) groups is 2. The molecule has 0 N–H and O–H groups in total. The molecule has 0 amide bonds. The summed E-state index contributed by atoms with van der Waals surface area (Å²) in [6.45, 7) is 1.64. The molecular weight excluding hydrogens is 301 g/mol. The fourth-order valence-electron chi connectivity index (χ4n) is 0.809. The van der Waals surface area contributed by atoms with Gasteiger partial charge in [-0.2, -0.15) is 0 Å². The standard InChI is InChI=1S/C10H10O3.Cs.H/c1-2-9(11)13-10(12)8-6-4-3-5-7-8;;/h3-7H,2H2,1H3;;. The molecule has 0 spiro atoms. The Morgan fingerprint density at radius 2 is 1.79 bits per heavy atom. The second kappa shape index (κ2) is 7.67. The summed E-state index contributed by atoms with van der Waals surface area (Å²) >= 11 is 0. The van der Waals surface area contributed by atoms with Crippen LogP contribution in [-0.4, -0.2) is 80.8 Å². The van der Waals surface area contributed by atoms with Crippen molar-refractivity contribution in [1.29, 1.82) is 0 Å². The molecule has 0 saturated heterocycles. The molecule has 3 nitrogen and oxygen atoms in total. The third-order valence-electron chi connectivity index (χ3n) is 1.50. The molecule has 0 unspecified atom stereocenters. The van der Waals surface area contributed by atoms with Crippen molar-refractivity contribution >= 4 is 80.8 Å². The van der Waals surface area contributed by atoms with Crippen molar-refractivity contribution in [2.75, 3.05) is 0 Å².